The van der Waals surface area contributed by atoms with Crippen LogP contribution in [0.4, 0.5) is 4.79 Å². The second-order valence-corrected chi connectivity index (χ2v) is 9.34. The van der Waals surface area contributed by atoms with Gasteiger partial charge in [-0.15, -0.1) is 0 Å². The predicted molar refractivity (Wildman–Crippen MR) is 140 cm³/mol. The van der Waals surface area contributed by atoms with Gasteiger partial charge in [-0.2, -0.15) is 0 Å². The number of hydrogen-bond acceptors (Lipinski definition) is 7. The Morgan fingerprint density at radius 3 is 2.64 bits per heavy atom. The molecule has 0 aromatic heterocycles. The van der Waals surface area contributed by atoms with Crippen molar-refractivity contribution in [2.45, 2.75) is 37.4 Å². The second kappa shape index (κ2) is 11.4. The average molecular weight is 532 g/mol. The summed E-state index contributed by atoms with van der Waals surface area (Å²) in [6.45, 7) is 0.707. The fourth-order valence-electron chi connectivity index (χ4n) is 4.95. The molecule has 2 heterocycles. The summed E-state index contributed by atoms with van der Waals surface area (Å²) in [5.41, 5.74) is 3.24. The summed E-state index contributed by atoms with van der Waals surface area (Å²) in [6, 6.07) is 9.73. The van der Waals surface area contributed by atoms with E-state index in [1.54, 1.807) is 44.3 Å². The molecule has 1 spiro atoms. The number of benzene rings is 2. The van der Waals surface area contributed by atoms with Crippen molar-refractivity contribution in [2.75, 3.05) is 21.2 Å². The molecule has 2 aromatic carbocycles. The van der Waals surface area contributed by atoms with Gasteiger partial charge in [-0.3, -0.25) is 35.1 Å². The zero-order valence-electron chi connectivity index (χ0n) is 21.8. The highest BCUT2D eigenvalue weighted by molar-refractivity contribution is 6.07. The molecule has 1 fully saturated rings. The molecular formula is C28H29N5O6. The Morgan fingerprint density at radius 2 is 1.97 bits per heavy atom. The number of methoxy groups -OCH3 is 1. The van der Waals surface area contributed by atoms with Crippen LogP contribution in [0, 0.1) is 11.8 Å². The number of aryl methyl sites for hydroxylation is 1. The lowest BCUT2D eigenvalue weighted by molar-refractivity contribution is -0.126. The Kier molecular flexibility index (Phi) is 7.97. The smallest absolute Gasteiger partial charge is 0.322 e. The zero-order valence-corrected chi connectivity index (χ0v) is 21.8. The number of carbonyl (C=O) groups is 5. The van der Waals surface area contributed by atoms with E-state index in [2.05, 4.69) is 33.1 Å². The molecule has 11 heteroatoms. The first-order valence-corrected chi connectivity index (χ1v) is 12.3. The number of amides is 6. The van der Waals surface area contributed by atoms with Crippen molar-refractivity contribution in [3.8, 4) is 17.6 Å². The minimum Gasteiger partial charge on any atom is -0.497 e. The van der Waals surface area contributed by atoms with E-state index >= 15 is 0 Å². The number of hydrogen-bond donors (Lipinski definition) is 4. The van der Waals surface area contributed by atoms with E-state index in [1.807, 2.05) is 18.2 Å². The van der Waals surface area contributed by atoms with Crippen molar-refractivity contribution in [3.63, 3.8) is 0 Å². The highest BCUT2D eigenvalue weighted by Crippen LogP contribution is 2.37. The zero-order chi connectivity index (χ0) is 28.2. The van der Waals surface area contributed by atoms with Crippen LogP contribution in [0.15, 0.2) is 36.4 Å². The Balaban J connectivity index is 0.000000226. The molecule has 2 unspecified atom stereocenters. The number of imide groups is 2. The van der Waals surface area contributed by atoms with Crippen molar-refractivity contribution in [3.05, 3.63) is 64.2 Å². The molecule has 0 saturated carbocycles. The van der Waals surface area contributed by atoms with Crippen molar-refractivity contribution >= 4 is 30.2 Å². The third-order valence-corrected chi connectivity index (χ3v) is 6.92. The topological polar surface area (TPSA) is 146 Å². The number of nitrogens with one attached hydrogen (secondary N) is 4. The lowest BCUT2D eigenvalue weighted by Gasteiger charge is -2.32. The van der Waals surface area contributed by atoms with E-state index in [1.165, 1.54) is 0 Å². The fraction of sp³-hybridized carbons (Fsp3) is 0.321. The standard InChI is InChI=1S/C18H18N4O4.C10H11NO2/c1-19-14(15(24)20-10-23)7-5-11-4-6-13-12(9-11)3-2-8-18(13)16(25)21-17(26)22-18;1-11-6-7-3-4-8(13-2)5-9(7)10(11)12/h4,6,9-10,14,19H,2-3,8H2,1H3,(H,20,23,24)(H2,21,22,25,26);3-5H,6H2,1-2H3. The van der Waals surface area contributed by atoms with Gasteiger partial charge in [0.25, 0.3) is 17.7 Å². The van der Waals surface area contributed by atoms with Crippen molar-refractivity contribution in [1.82, 2.24) is 26.2 Å². The maximum Gasteiger partial charge on any atom is 0.322 e. The molecule has 3 aliphatic rings. The van der Waals surface area contributed by atoms with Gasteiger partial charge in [-0.1, -0.05) is 24.0 Å². The monoisotopic (exact) mass is 531 g/mol. The normalized spacial score (nSPS) is 19.4. The predicted octanol–water partition coefficient (Wildman–Crippen LogP) is 0.551. The second-order valence-electron chi connectivity index (χ2n) is 9.34. The Bertz CT molecular complexity index is 1410. The van der Waals surface area contributed by atoms with E-state index in [0.717, 1.165) is 40.8 Å². The highest BCUT2D eigenvalue weighted by Gasteiger charge is 2.49. The van der Waals surface area contributed by atoms with Gasteiger partial charge < -0.3 is 15.0 Å². The average Bonchev–Trinajstić information content (AvgIpc) is 3.37. The summed E-state index contributed by atoms with van der Waals surface area (Å²) in [5, 5.41) is 9.84. The quantitative estimate of drug-likeness (QED) is 0.256. The summed E-state index contributed by atoms with van der Waals surface area (Å²) < 4.78 is 5.05. The van der Waals surface area contributed by atoms with Crippen LogP contribution in [0.25, 0.3) is 0 Å². The molecule has 0 bridgehead atoms. The Labute approximate surface area is 225 Å². The van der Waals surface area contributed by atoms with E-state index < -0.39 is 23.5 Å². The van der Waals surface area contributed by atoms with Crippen LogP contribution in [-0.2, 0) is 32.9 Å². The SMILES string of the molecule is CNC(C#Cc1ccc2c(c1)CCCC21NC(=O)NC1=O)C(=O)NC=O.COc1ccc2c(c1)C(=O)N(C)C2. The molecule has 1 aliphatic carbocycles. The molecule has 202 valence electrons. The van der Waals surface area contributed by atoms with Gasteiger partial charge in [-0.25, -0.2) is 4.79 Å². The number of rotatable bonds is 4. The van der Waals surface area contributed by atoms with Gasteiger partial charge in [0.2, 0.25) is 6.41 Å². The maximum atomic E-state index is 12.3. The molecule has 39 heavy (non-hydrogen) atoms. The van der Waals surface area contributed by atoms with E-state index in [9.17, 15) is 24.0 Å². The van der Waals surface area contributed by atoms with Crippen LogP contribution in [-0.4, -0.2) is 62.3 Å². The van der Waals surface area contributed by atoms with Gasteiger partial charge in [0.1, 0.15) is 17.3 Å². The van der Waals surface area contributed by atoms with Crippen LogP contribution in [0.1, 0.15) is 45.5 Å². The molecule has 1 saturated heterocycles. The minimum atomic E-state index is -1.01. The summed E-state index contributed by atoms with van der Waals surface area (Å²) in [7, 11) is 4.97. The Morgan fingerprint density at radius 1 is 1.18 bits per heavy atom. The van der Waals surface area contributed by atoms with Crippen LogP contribution in [0.3, 0.4) is 0 Å². The van der Waals surface area contributed by atoms with Crippen LogP contribution < -0.4 is 26.0 Å². The van der Waals surface area contributed by atoms with Gasteiger partial charge >= 0.3 is 6.03 Å². The molecule has 6 amide bonds. The van der Waals surface area contributed by atoms with Crippen LogP contribution in [0.2, 0.25) is 0 Å². The molecule has 0 radical (unpaired) electrons. The molecule has 2 aromatic rings. The van der Waals surface area contributed by atoms with Crippen LogP contribution >= 0.6 is 0 Å². The third kappa shape index (κ3) is 5.46. The highest BCUT2D eigenvalue weighted by atomic mass is 16.5. The summed E-state index contributed by atoms with van der Waals surface area (Å²) >= 11 is 0. The molecule has 2 aliphatic heterocycles. The largest absolute Gasteiger partial charge is 0.497 e. The third-order valence-electron chi connectivity index (χ3n) is 6.92. The first-order valence-electron chi connectivity index (χ1n) is 12.3. The molecular weight excluding hydrogens is 502 g/mol. The number of urea groups is 1. The van der Waals surface area contributed by atoms with E-state index in [4.69, 9.17) is 4.74 Å². The van der Waals surface area contributed by atoms with Gasteiger partial charge in [0.15, 0.2) is 0 Å². The van der Waals surface area contributed by atoms with E-state index in [-0.39, 0.29) is 11.8 Å². The molecule has 11 nitrogen and oxygen atoms in total. The molecule has 4 N–H and O–H groups in total. The summed E-state index contributed by atoms with van der Waals surface area (Å²) in [6.07, 6.45) is 2.40. The first-order chi connectivity index (χ1) is 18.7. The maximum absolute atomic E-state index is 12.3. The first kappa shape index (κ1) is 27.3. The van der Waals surface area contributed by atoms with Gasteiger partial charge in [0, 0.05) is 24.7 Å². The van der Waals surface area contributed by atoms with Gasteiger partial charge in [0.05, 0.1) is 7.11 Å². The lowest BCUT2D eigenvalue weighted by atomic mass is 9.76. The number of carbonyl (C=O) groups excluding carboxylic acids is 5. The van der Waals surface area contributed by atoms with Crippen molar-refractivity contribution in [2.24, 2.45) is 0 Å². The number of fused-ring (bicyclic) bond motifs is 3. The summed E-state index contributed by atoms with van der Waals surface area (Å²) in [5.74, 6) is 5.64. The van der Waals surface area contributed by atoms with Crippen molar-refractivity contribution in [1.29, 1.82) is 0 Å². The number of nitrogens with zero attached hydrogens (tertiary/aromatic N) is 1. The van der Waals surface area contributed by atoms with Crippen LogP contribution in [0.5, 0.6) is 5.75 Å². The van der Waals surface area contributed by atoms with Gasteiger partial charge in [-0.05, 0) is 67.3 Å². The van der Waals surface area contributed by atoms with E-state index in [0.29, 0.717) is 24.9 Å². The molecule has 5 rings (SSSR count). The molecule has 2 atom stereocenters. The minimum absolute atomic E-state index is 0.0777. The number of ether oxygens (including phenoxy) is 1. The Hall–Kier alpha value is -4.69. The fourth-order valence-corrected chi connectivity index (χ4v) is 4.95. The lowest BCUT2D eigenvalue weighted by Crippen LogP contribution is -2.46. The summed E-state index contributed by atoms with van der Waals surface area (Å²) in [4.78, 5) is 59.2. The number of likely N-dealkylation sites (N-methyl/N-ethyl adjacent to an activating group) is 1. The van der Waals surface area contributed by atoms with Crippen molar-refractivity contribution < 1.29 is 28.7 Å².